The van der Waals surface area contributed by atoms with Crippen LogP contribution in [0, 0.1) is 13.8 Å². The summed E-state index contributed by atoms with van der Waals surface area (Å²) >= 11 is 0. The van der Waals surface area contributed by atoms with Gasteiger partial charge in [0.25, 0.3) is 40.3 Å². The normalized spacial score (nSPS) is 12.4. The first-order chi connectivity index (χ1) is 26.0. The fraction of sp³-hybridized carbons (Fsp3) is 0.0571. The molecule has 292 valence electrons. The van der Waals surface area contributed by atoms with Crippen LogP contribution in [0.1, 0.15) is 11.1 Å². The molecule has 0 atom stereocenters. The standard InChI is InChI=1S/C35H30N4O13S4/c1-19-11-23(36-31-17-27(55(47,48)49)15-21-13-25(40)5-7-29(21)31)3-9-33(19)53(43,44)38-35(42)39-54(45,46)34-10-4-24(12-20(34)2)37-32-18-28(56(50,51)52)16-22-14-26(41)6-8-30(22)32/h3-18,36-37,40-41H,1-2H3,(H2,38,39,42)(H,47,48,49)(H,50,51,52). The first-order valence-corrected chi connectivity index (χ1v) is 21.7. The van der Waals surface area contributed by atoms with Crippen LogP contribution in [0.2, 0.25) is 0 Å². The number of fused-ring (bicyclic) bond motifs is 2. The van der Waals surface area contributed by atoms with E-state index in [2.05, 4.69) is 10.6 Å². The molecular weight excluding hydrogens is 813 g/mol. The highest BCUT2D eigenvalue weighted by Gasteiger charge is 2.26. The van der Waals surface area contributed by atoms with Gasteiger partial charge in [0.1, 0.15) is 11.5 Å². The van der Waals surface area contributed by atoms with E-state index in [-0.39, 0.29) is 56.1 Å². The molecule has 21 heteroatoms. The highest BCUT2D eigenvalue weighted by Crippen LogP contribution is 2.35. The summed E-state index contributed by atoms with van der Waals surface area (Å²) in [6.07, 6.45) is 0. The summed E-state index contributed by atoms with van der Waals surface area (Å²) in [5.41, 5.74) is 1.10. The van der Waals surface area contributed by atoms with Crippen molar-refractivity contribution in [1.29, 1.82) is 0 Å². The number of hydrogen-bond donors (Lipinski definition) is 8. The lowest BCUT2D eigenvalue weighted by Gasteiger charge is -2.16. The minimum Gasteiger partial charge on any atom is -0.508 e. The third kappa shape index (κ3) is 8.46. The number of benzene rings is 6. The number of carbonyl (C=O) groups excluding carboxylic acids is 1. The van der Waals surface area contributed by atoms with Gasteiger partial charge in [-0.1, -0.05) is 0 Å². The molecule has 0 aromatic heterocycles. The van der Waals surface area contributed by atoms with Crippen LogP contribution in [0.3, 0.4) is 0 Å². The molecule has 0 aliphatic carbocycles. The second kappa shape index (κ2) is 14.3. The summed E-state index contributed by atoms with van der Waals surface area (Å²) < 4.78 is 123. The lowest BCUT2D eigenvalue weighted by Crippen LogP contribution is -2.42. The van der Waals surface area contributed by atoms with E-state index in [0.29, 0.717) is 10.8 Å². The summed E-state index contributed by atoms with van der Waals surface area (Å²) in [5.74, 6) is -0.317. The predicted octanol–water partition coefficient (Wildman–Crippen LogP) is 5.38. The van der Waals surface area contributed by atoms with Crippen molar-refractivity contribution in [2.45, 2.75) is 33.4 Å². The Balaban J connectivity index is 1.19. The third-order valence-corrected chi connectivity index (χ3v) is 13.0. The minimum absolute atomic E-state index is 0.0941. The Kier molecular flexibility index (Phi) is 10.1. The van der Waals surface area contributed by atoms with Crippen LogP contribution in [0.5, 0.6) is 11.5 Å². The van der Waals surface area contributed by atoms with Gasteiger partial charge in [-0.2, -0.15) is 16.8 Å². The monoisotopic (exact) mass is 842 g/mol. The number of amides is 2. The van der Waals surface area contributed by atoms with Crippen molar-refractivity contribution in [3.8, 4) is 11.5 Å². The number of carbonyl (C=O) groups is 1. The summed E-state index contributed by atoms with van der Waals surface area (Å²) in [4.78, 5) is 11.1. The Labute approximate surface area is 320 Å². The zero-order valence-corrected chi connectivity index (χ0v) is 32.1. The van der Waals surface area contributed by atoms with E-state index in [1.807, 2.05) is 0 Å². The molecule has 6 rings (SSSR count). The van der Waals surface area contributed by atoms with E-state index in [9.17, 15) is 57.8 Å². The highest BCUT2D eigenvalue weighted by atomic mass is 32.2. The number of anilines is 4. The highest BCUT2D eigenvalue weighted by molar-refractivity contribution is 7.91. The minimum atomic E-state index is -4.67. The Morgan fingerprint density at radius 3 is 1.21 bits per heavy atom. The molecule has 56 heavy (non-hydrogen) atoms. The maximum atomic E-state index is 13.2. The molecule has 2 amide bonds. The van der Waals surface area contributed by atoms with Gasteiger partial charge in [0.05, 0.1) is 19.6 Å². The number of nitrogens with one attached hydrogen (secondary N) is 4. The molecule has 6 aromatic carbocycles. The van der Waals surface area contributed by atoms with E-state index in [0.717, 1.165) is 36.4 Å². The van der Waals surface area contributed by atoms with E-state index in [1.165, 1.54) is 74.5 Å². The van der Waals surface area contributed by atoms with Crippen LogP contribution in [0.25, 0.3) is 21.5 Å². The van der Waals surface area contributed by atoms with Crippen molar-refractivity contribution < 1.29 is 57.8 Å². The Morgan fingerprint density at radius 2 is 0.875 bits per heavy atom. The molecule has 17 nitrogen and oxygen atoms in total. The fourth-order valence-corrected chi connectivity index (χ4v) is 9.33. The number of sulfonamides is 2. The maximum absolute atomic E-state index is 13.2. The van der Waals surface area contributed by atoms with Crippen LogP contribution >= 0.6 is 0 Å². The SMILES string of the molecule is Cc1cc(Nc2cc(S(=O)(=O)O)cc3cc(O)ccc23)ccc1S(=O)(=O)NC(=O)NS(=O)(=O)c1ccc(Nc2cc(S(=O)(=O)O)cc3cc(O)ccc23)cc1C. The maximum Gasteiger partial charge on any atom is 0.342 e. The molecule has 0 heterocycles. The van der Waals surface area contributed by atoms with Gasteiger partial charge < -0.3 is 20.8 Å². The molecule has 0 unspecified atom stereocenters. The second-order valence-corrected chi connectivity index (χ2v) is 18.6. The molecule has 0 saturated heterocycles. The van der Waals surface area contributed by atoms with Crippen molar-refractivity contribution >= 4 is 90.6 Å². The molecule has 8 N–H and O–H groups in total. The summed E-state index contributed by atoms with van der Waals surface area (Å²) in [7, 11) is -18.6. The van der Waals surface area contributed by atoms with Gasteiger partial charge >= 0.3 is 6.03 Å². The summed E-state index contributed by atoms with van der Waals surface area (Å²) in [5, 5.41) is 27.1. The predicted molar refractivity (Wildman–Crippen MR) is 206 cm³/mol. The zero-order chi connectivity index (χ0) is 41.0. The van der Waals surface area contributed by atoms with E-state index < -0.39 is 65.9 Å². The molecule has 0 radical (unpaired) electrons. The van der Waals surface area contributed by atoms with Crippen LogP contribution in [-0.2, 0) is 40.3 Å². The quantitative estimate of drug-likeness (QED) is 0.0804. The van der Waals surface area contributed by atoms with E-state index in [1.54, 1.807) is 9.44 Å². The molecule has 0 aliphatic rings. The van der Waals surface area contributed by atoms with Crippen molar-refractivity contribution in [1.82, 2.24) is 9.44 Å². The number of rotatable bonds is 10. The Bertz CT molecular complexity index is 2880. The van der Waals surface area contributed by atoms with Gasteiger partial charge in [0, 0.05) is 33.5 Å². The lowest BCUT2D eigenvalue weighted by atomic mass is 10.1. The van der Waals surface area contributed by atoms with Gasteiger partial charge in [0.15, 0.2) is 0 Å². The number of phenols is 2. The van der Waals surface area contributed by atoms with Gasteiger partial charge in [-0.15, -0.1) is 0 Å². The van der Waals surface area contributed by atoms with Gasteiger partial charge in [-0.05, 0) is 133 Å². The molecule has 6 aromatic rings. The Morgan fingerprint density at radius 1 is 0.500 bits per heavy atom. The smallest absolute Gasteiger partial charge is 0.342 e. The largest absolute Gasteiger partial charge is 0.508 e. The topological polar surface area (TPSA) is 283 Å². The van der Waals surface area contributed by atoms with E-state index in [4.69, 9.17) is 0 Å². The zero-order valence-electron chi connectivity index (χ0n) is 28.8. The first-order valence-electron chi connectivity index (χ1n) is 15.8. The van der Waals surface area contributed by atoms with E-state index >= 15 is 0 Å². The molecule has 0 aliphatic heterocycles. The molecule has 0 fully saturated rings. The molecule has 0 bridgehead atoms. The average molecular weight is 843 g/mol. The van der Waals surface area contributed by atoms with Crippen LogP contribution in [0.15, 0.2) is 117 Å². The van der Waals surface area contributed by atoms with Gasteiger partial charge in [-0.3, -0.25) is 9.11 Å². The molecular formula is C35H30N4O13S4. The van der Waals surface area contributed by atoms with Crippen LogP contribution < -0.4 is 20.1 Å². The molecule has 0 spiro atoms. The first kappa shape index (κ1) is 39.7. The summed E-state index contributed by atoms with van der Waals surface area (Å²) in [6.45, 7) is 2.79. The number of phenolic OH excluding ortho intramolecular Hbond substituents is 2. The number of hydrogen-bond acceptors (Lipinski definition) is 13. The Hall–Kier alpha value is -5.97. The summed E-state index contributed by atoms with van der Waals surface area (Å²) in [6, 6.07) is 18.9. The number of aryl methyl sites for hydroxylation is 2. The van der Waals surface area contributed by atoms with Crippen molar-refractivity contribution in [2.75, 3.05) is 10.6 Å². The van der Waals surface area contributed by atoms with Crippen molar-refractivity contribution in [2.24, 2.45) is 0 Å². The van der Waals surface area contributed by atoms with Crippen LogP contribution in [-0.4, -0.2) is 59.0 Å². The molecule has 0 saturated carbocycles. The lowest BCUT2D eigenvalue weighted by molar-refractivity contribution is 0.250. The number of urea groups is 1. The van der Waals surface area contributed by atoms with Gasteiger partial charge in [-0.25, -0.2) is 31.1 Å². The third-order valence-electron chi connectivity index (χ3n) is 8.36. The van der Waals surface area contributed by atoms with Gasteiger partial charge in [0.2, 0.25) is 0 Å². The van der Waals surface area contributed by atoms with Crippen molar-refractivity contribution in [3.63, 3.8) is 0 Å². The average Bonchev–Trinajstić information content (AvgIpc) is 3.06. The second-order valence-electron chi connectivity index (χ2n) is 12.5. The fourth-order valence-electron chi connectivity index (χ4n) is 5.91. The van der Waals surface area contributed by atoms with Crippen LogP contribution in [0.4, 0.5) is 27.5 Å². The number of aromatic hydroxyl groups is 2. The van der Waals surface area contributed by atoms with Crippen molar-refractivity contribution in [3.05, 3.63) is 108 Å².